The fourth-order valence-corrected chi connectivity index (χ4v) is 3.71. The van der Waals surface area contributed by atoms with Crippen molar-refractivity contribution in [3.8, 4) is 0 Å². The Bertz CT molecular complexity index is 906. The number of carbonyl (C=O) groups is 1. The zero-order valence-corrected chi connectivity index (χ0v) is 15.5. The molecule has 1 atom stereocenters. The fraction of sp³-hybridized carbons (Fsp3) is 0.400. The van der Waals surface area contributed by atoms with Gasteiger partial charge in [0.2, 0.25) is 15.9 Å². The molecule has 134 valence electrons. The van der Waals surface area contributed by atoms with Gasteiger partial charge in [-0.3, -0.25) is 4.79 Å². The third-order valence-electron chi connectivity index (χ3n) is 3.89. The Kier molecular flexibility index (Phi) is 4.85. The van der Waals surface area contributed by atoms with Crippen molar-refractivity contribution in [3.05, 3.63) is 30.1 Å². The van der Waals surface area contributed by atoms with Gasteiger partial charge in [0.1, 0.15) is 5.82 Å². The average molecular weight is 381 g/mol. The van der Waals surface area contributed by atoms with E-state index in [4.69, 9.17) is 5.14 Å². The maximum atomic E-state index is 12.4. The Morgan fingerprint density at radius 3 is 2.76 bits per heavy atom. The van der Waals surface area contributed by atoms with Crippen LogP contribution in [0, 0.1) is 0 Å². The van der Waals surface area contributed by atoms with E-state index in [2.05, 4.69) is 15.5 Å². The van der Waals surface area contributed by atoms with Crippen molar-refractivity contribution in [3.63, 3.8) is 0 Å². The number of thioether (sulfide) groups is 1. The minimum Gasteiger partial charge on any atom is -0.325 e. The minimum absolute atomic E-state index is 0.0482. The third-order valence-corrected chi connectivity index (χ3v) is 5.94. The predicted molar refractivity (Wildman–Crippen MR) is 94.7 cm³/mol. The molecule has 1 aromatic carbocycles. The molecule has 0 saturated heterocycles. The van der Waals surface area contributed by atoms with Gasteiger partial charge < -0.3 is 9.88 Å². The smallest absolute Gasteiger partial charge is 0.238 e. The second kappa shape index (κ2) is 6.77. The molecule has 1 aliphatic rings. The first-order valence-corrected chi connectivity index (χ1v) is 10.2. The van der Waals surface area contributed by atoms with E-state index in [0.717, 1.165) is 18.7 Å². The fourth-order valence-electron chi connectivity index (χ4n) is 2.33. The topological polar surface area (TPSA) is 120 Å². The number of nitrogens with two attached hydrogens (primary N) is 1. The molecule has 1 aromatic heterocycles. The molecular formula is C15H19N5O3S2. The lowest BCUT2D eigenvalue weighted by atomic mass is 10.3. The van der Waals surface area contributed by atoms with E-state index >= 15 is 0 Å². The highest BCUT2D eigenvalue weighted by Crippen LogP contribution is 2.39. The quantitative estimate of drug-likeness (QED) is 0.731. The van der Waals surface area contributed by atoms with Crippen LogP contribution in [0.5, 0.6) is 0 Å². The maximum Gasteiger partial charge on any atom is 0.238 e. The number of primary sulfonamides is 1. The van der Waals surface area contributed by atoms with Gasteiger partial charge in [0.05, 0.1) is 10.1 Å². The summed E-state index contributed by atoms with van der Waals surface area (Å²) in [6.45, 7) is 1.76. The summed E-state index contributed by atoms with van der Waals surface area (Å²) in [5, 5.41) is 16.4. The standard InChI is InChI=1S/C15H19N5O3S2/c1-9(24-15-19-18-13(20(15)2)10-6-7-10)14(21)17-11-4-3-5-12(8-11)25(16,22)23/h3-5,8-10H,6-7H2,1-2H3,(H,17,21)(H2,16,22,23)/t9-/m0/s1. The van der Waals surface area contributed by atoms with Crippen molar-refractivity contribution < 1.29 is 13.2 Å². The Labute approximate surface area is 150 Å². The van der Waals surface area contributed by atoms with Crippen LogP contribution in [-0.4, -0.2) is 34.3 Å². The maximum absolute atomic E-state index is 12.4. The Morgan fingerprint density at radius 1 is 1.40 bits per heavy atom. The van der Waals surface area contributed by atoms with Crippen molar-refractivity contribution in [2.24, 2.45) is 12.2 Å². The number of rotatable bonds is 6. The molecule has 0 bridgehead atoms. The summed E-state index contributed by atoms with van der Waals surface area (Å²) in [7, 11) is -1.91. The summed E-state index contributed by atoms with van der Waals surface area (Å²) in [6.07, 6.45) is 2.26. The molecule has 1 aliphatic carbocycles. The number of hydrogen-bond acceptors (Lipinski definition) is 6. The first-order valence-electron chi connectivity index (χ1n) is 7.75. The Balaban J connectivity index is 1.67. The lowest BCUT2D eigenvalue weighted by Gasteiger charge is -2.12. The van der Waals surface area contributed by atoms with Gasteiger partial charge >= 0.3 is 0 Å². The molecule has 1 amide bonds. The molecule has 3 rings (SSSR count). The van der Waals surface area contributed by atoms with Crippen LogP contribution in [0.1, 0.15) is 31.5 Å². The summed E-state index contributed by atoms with van der Waals surface area (Å²) in [5.74, 6) is 1.18. The number of nitrogens with zero attached hydrogens (tertiary/aromatic N) is 3. The van der Waals surface area contributed by atoms with E-state index in [-0.39, 0.29) is 10.8 Å². The summed E-state index contributed by atoms with van der Waals surface area (Å²) >= 11 is 1.31. The number of nitrogens with one attached hydrogen (secondary N) is 1. The van der Waals surface area contributed by atoms with Gasteiger partial charge in [-0.1, -0.05) is 17.8 Å². The molecule has 8 nitrogen and oxygen atoms in total. The van der Waals surface area contributed by atoms with Crippen molar-refractivity contribution >= 4 is 33.4 Å². The highest BCUT2D eigenvalue weighted by Gasteiger charge is 2.30. The summed E-state index contributed by atoms with van der Waals surface area (Å²) in [4.78, 5) is 12.3. The summed E-state index contributed by atoms with van der Waals surface area (Å²) in [5.41, 5.74) is 0.376. The van der Waals surface area contributed by atoms with Crippen LogP contribution >= 0.6 is 11.8 Å². The summed E-state index contributed by atoms with van der Waals surface area (Å²) < 4.78 is 24.7. The Morgan fingerprint density at radius 2 is 2.12 bits per heavy atom. The molecule has 0 aliphatic heterocycles. The molecule has 0 spiro atoms. The van der Waals surface area contributed by atoms with Crippen molar-refractivity contribution in [2.75, 3.05) is 5.32 Å². The van der Waals surface area contributed by atoms with Crippen LogP contribution < -0.4 is 10.5 Å². The number of sulfonamides is 1. The minimum atomic E-state index is -3.81. The molecule has 3 N–H and O–H groups in total. The zero-order chi connectivity index (χ0) is 18.2. The Hall–Kier alpha value is -1.91. The first kappa shape index (κ1) is 17.9. The van der Waals surface area contributed by atoms with Crippen LogP contribution in [0.4, 0.5) is 5.69 Å². The number of aromatic nitrogens is 3. The van der Waals surface area contributed by atoms with Crippen molar-refractivity contribution in [1.29, 1.82) is 0 Å². The van der Waals surface area contributed by atoms with Gasteiger partial charge in [-0.25, -0.2) is 13.6 Å². The van der Waals surface area contributed by atoms with E-state index in [1.54, 1.807) is 13.0 Å². The summed E-state index contributed by atoms with van der Waals surface area (Å²) in [6, 6.07) is 5.84. The van der Waals surface area contributed by atoms with Gasteiger partial charge in [-0.15, -0.1) is 10.2 Å². The van der Waals surface area contributed by atoms with Gasteiger partial charge in [-0.05, 0) is 38.0 Å². The highest BCUT2D eigenvalue weighted by atomic mass is 32.2. The largest absolute Gasteiger partial charge is 0.325 e. The van der Waals surface area contributed by atoms with E-state index < -0.39 is 15.3 Å². The van der Waals surface area contributed by atoms with Crippen molar-refractivity contribution in [1.82, 2.24) is 14.8 Å². The molecule has 0 unspecified atom stereocenters. The monoisotopic (exact) mass is 381 g/mol. The van der Waals surface area contributed by atoms with Gasteiger partial charge in [0.25, 0.3) is 0 Å². The number of carbonyl (C=O) groups excluding carboxylic acids is 1. The number of anilines is 1. The molecular weight excluding hydrogens is 362 g/mol. The number of amides is 1. The van der Waals surface area contributed by atoms with E-state index in [0.29, 0.717) is 16.8 Å². The zero-order valence-electron chi connectivity index (χ0n) is 13.8. The molecule has 1 saturated carbocycles. The molecule has 25 heavy (non-hydrogen) atoms. The van der Waals surface area contributed by atoms with Crippen LogP contribution in [0.3, 0.4) is 0 Å². The molecule has 10 heteroatoms. The second-order valence-electron chi connectivity index (χ2n) is 6.00. The average Bonchev–Trinajstić information content (AvgIpc) is 3.32. The van der Waals surface area contributed by atoms with Gasteiger partial charge in [0.15, 0.2) is 5.16 Å². The van der Waals surface area contributed by atoms with Crippen LogP contribution in [0.15, 0.2) is 34.3 Å². The van der Waals surface area contributed by atoms with Gasteiger partial charge in [0, 0.05) is 18.7 Å². The number of hydrogen-bond donors (Lipinski definition) is 2. The lowest BCUT2D eigenvalue weighted by Crippen LogP contribution is -2.23. The van der Waals surface area contributed by atoms with Gasteiger partial charge in [-0.2, -0.15) is 0 Å². The number of benzene rings is 1. The lowest BCUT2D eigenvalue weighted by molar-refractivity contribution is -0.115. The SMILES string of the molecule is C[C@H](Sc1nnc(C2CC2)n1C)C(=O)Nc1cccc(S(N)(=O)=O)c1. The highest BCUT2D eigenvalue weighted by molar-refractivity contribution is 8.00. The van der Waals surface area contributed by atoms with E-state index in [1.165, 1.54) is 30.0 Å². The predicted octanol–water partition coefficient (Wildman–Crippen LogP) is 1.46. The molecule has 1 heterocycles. The van der Waals surface area contributed by atoms with E-state index in [9.17, 15) is 13.2 Å². The third kappa shape index (κ3) is 4.20. The first-order chi connectivity index (χ1) is 11.8. The van der Waals surface area contributed by atoms with Crippen LogP contribution in [-0.2, 0) is 21.9 Å². The molecule has 1 fully saturated rings. The normalized spacial score (nSPS) is 15.8. The molecule has 2 aromatic rings. The van der Waals surface area contributed by atoms with Crippen molar-refractivity contribution in [2.45, 2.75) is 41.0 Å². The second-order valence-corrected chi connectivity index (χ2v) is 8.87. The van der Waals surface area contributed by atoms with Crippen LogP contribution in [0.2, 0.25) is 0 Å². The van der Waals surface area contributed by atoms with Crippen LogP contribution in [0.25, 0.3) is 0 Å². The van der Waals surface area contributed by atoms with E-state index in [1.807, 2.05) is 11.6 Å². The molecule has 0 radical (unpaired) electrons.